The van der Waals surface area contributed by atoms with Crippen LogP contribution >= 0.6 is 0 Å². The quantitative estimate of drug-likeness (QED) is 0.827. The van der Waals surface area contributed by atoms with Gasteiger partial charge in [0, 0.05) is 12.1 Å². The maximum atomic E-state index is 13.3. The molecule has 0 radical (unpaired) electrons. The fraction of sp³-hybridized carbons (Fsp3) is 0.600. The highest BCUT2D eigenvalue weighted by Gasteiger charge is 2.44. The highest BCUT2D eigenvalue weighted by Crippen LogP contribution is 2.43. The first-order chi connectivity index (χ1) is 8.58. The lowest BCUT2D eigenvalue weighted by Crippen LogP contribution is -2.55. The molecule has 2 aliphatic rings. The Balaban J connectivity index is 1.92. The molecule has 0 aromatic heterocycles. The van der Waals surface area contributed by atoms with Crippen molar-refractivity contribution in [2.45, 2.75) is 49.8 Å². The van der Waals surface area contributed by atoms with Gasteiger partial charge in [0.2, 0.25) is 0 Å². The zero-order valence-corrected chi connectivity index (χ0v) is 10.8. The van der Waals surface area contributed by atoms with Crippen LogP contribution in [0.25, 0.3) is 0 Å². The van der Waals surface area contributed by atoms with Gasteiger partial charge < -0.3 is 10.0 Å². The molecular formula is C15H20FNO. The number of aliphatic hydroxyl groups is 1. The van der Waals surface area contributed by atoms with Crippen molar-refractivity contribution in [1.29, 1.82) is 0 Å². The van der Waals surface area contributed by atoms with Gasteiger partial charge >= 0.3 is 0 Å². The van der Waals surface area contributed by atoms with Gasteiger partial charge in [-0.2, -0.15) is 0 Å². The predicted molar refractivity (Wildman–Crippen MR) is 68.7 cm³/mol. The van der Waals surface area contributed by atoms with Crippen LogP contribution in [0.4, 0.5) is 4.39 Å². The van der Waals surface area contributed by atoms with Crippen LogP contribution in [0.15, 0.2) is 24.3 Å². The van der Waals surface area contributed by atoms with Crippen molar-refractivity contribution < 1.29 is 9.50 Å². The maximum absolute atomic E-state index is 13.3. The summed E-state index contributed by atoms with van der Waals surface area (Å²) in [6.07, 6.45) is 4.99. The first-order valence-corrected chi connectivity index (χ1v) is 6.79. The molecule has 0 amide bonds. The average molecular weight is 249 g/mol. The molecule has 3 heteroatoms. The summed E-state index contributed by atoms with van der Waals surface area (Å²) in [6.45, 7) is 0. The second kappa shape index (κ2) is 4.32. The summed E-state index contributed by atoms with van der Waals surface area (Å²) in [7, 11) is 2.15. The van der Waals surface area contributed by atoms with Crippen molar-refractivity contribution >= 4 is 0 Å². The van der Waals surface area contributed by atoms with E-state index in [0.717, 1.165) is 31.2 Å². The van der Waals surface area contributed by atoms with Crippen LogP contribution in [0, 0.1) is 5.82 Å². The Kier molecular flexibility index (Phi) is 2.91. The van der Waals surface area contributed by atoms with Gasteiger partial charge in [-0.25, -0.2) is 4.39 Å². The lowest BCUT2D eigenvalue weighted by atomic mass is 9.73. The van der Waals surface area contributed by atoms with Crippen LogP contribution < -0.4 is 0 Å². The minimum absolute atomic E-state index is 0.259. The monoisotopic (exact) mass is 249 g/mol. The zero-order valence-electron chi connectivity index (χ0n) is 10.8. The molecule has 0 aliphatic carbocycles. The molecule has 2 aliphatic heterocycles. The topological polar surface area (TPSA) is 23.5 Å². The molecule has 0 saturated carbocycles. The standard InChI is InChI=1S/C15H20FNO/c1-17-13-6-3-7-14(17)10-15(18,9-13)11-4-2-5-12(16)8-11/h2,4-5,8,13-14,18H,3,6-7,9-10H2,1H3. The van der Waals surface area contributed by atoms with Gasteiger partial charge in [-0.15, -0.1) is 0 Å². The third-order valence-electron chi connectivity index (χ3n) is 4.74. The number of hydrogen-bond acceptors (Lipinski definition) is 2. The first kappa shape index (κ1) is 12.1. The molecule has 98 valence electrons. The fourth-order valence-corrected chi connectivity index (χ4v) is 3.66. The van der Waals surface area contributed by atoms with E-state index in [1.54, 1.807) is 6.07 Å². The van der Waals surface area contributed by atoms with E-state index in [1.807, 2.05) is 6.07 Å². The number of hydrogen-bond donors (Lipinski definition) is 1. The van der Waals surface area contributed by atoms with Crippen molar-refractivity contribution in [3.05, 3.63) is 35.6 Å². The minimum Gasteiger partial charge on any atom is -0.385 e. The van der Waals surface area contributed by atoms with Crippen molar-refractivity contribution in [3.63, 3.8) is 0 Å². The Morgan fingerprint density at radius 3 is 2.56 bits per heavy atom. The molecule has 2 fully saturated rings. The summed E-state index contributed by atoms with van der Waals surface area (Å²) in [5.41, 5.74) is -0.0998. The molecule has 1 N–H and O–H groups in total. The van der Waals surface area contributed by atoms with Gasteiger partial charge in [0.25, 0.3) is 0 Å². The smallest absolute Gasteiger partial charge is 0.123 e. The number of benzene rings is 1. The molecule has 2 unspecified atom stereocenters. The maximum Gasteiger partial charge on any atom is 0.123 e. The molecule has 1 aromatic carbocycles. The number of piperidine rings is 2. The summed E-state index contributed by atoms with van der Waals surface area (Å²) >= 11 is 0. The largest absolute Gasteiger partial charge is 0.385 e. The number of halogens is 1. The van der Waals surface area contributed by atoms with E-state index in [-0.39, 0.29) is 5.82 Å². The van der Waals surface area contributed by atoms with Gasteiger partial charge in [0.1, 0.15) is 5.82 Å². The third kappa shape index (κ3) is 1.95. The SMILES string of the molecule is CN1C2CCCC1CC(O)(c1cccc(F)c1)C2. The molecule has 2 bridgehead atoms. The fourth-order valence-electron chi connectivity index (χ4n) is 3.66. The van der Waals surface area contributed by atoms with Gasteiger partial charge in [-0.05, 0) is 50.4 Å². The Labute approximate surface area is 107 Å². The zero-order chi connectivity index (χ0) is 12.8. The van der Waals surface area contributed by atoms with Gasteiger partial charge in [0.05, 0.1) is 5.60 Å². The number of nitrogens with zero attached hydrogens (tertiary/aromatic N) is 1. The van der Waals surface area contributed by atoms with E-state index in [1.165, 1.54) is 18.6 Å². The van der Waals surface area contributed by atoms with E-state index in [0.29, 0.717) is 12.1 Å². The highest BCUT2D eigenvalue weighted by atomic mass is 19.1. The van der Waals surface area contributed by atoms with Crippen molar-refractivity contribution in [1.82, 2.24) is 4.90 Å². The molecule has 18 heavy (non-hydrogen) atoms. The molecule has 2 atom stereocenters. The molecule has 2 saturated heterocycles. The summed E-state index contributed by atoms with van der Waals surface area (Å²) in [5, 5.41) is 10.9. The van der Waals surface area contributed by atoms with Crippen LogP contribution in [0.5, 0.6) is 0 Å². The Bertz CT molecular complexity index is 434. The molecule has 0 spiro atoms. The van der Waals surface area contributed by atoms with Crippen molar-refractivity contribution in [3.8, 4) is 0 Å². The first-order valence-electron chi connectivity index (χ1n) is 6.79. The van der Waals surface area contributed by atoms with Crippen molar-refractivity contribution in [2.24, 2.45) is 0 Å². The summed E-state index contributed by atoms with van der Waals surface area (Å²) < 4.78 is 13.3. The Morgan fingerprint density at radius 1 is 1.28 bits per heavy atom. The van der Waals surface area contributed by atoms with Gasteiger partial charge in [-0.3, -0.25) is 0 Å². The van der Waals surface area contributed by atoms with E-state index in [9.17, 15) is 9.50 Å². The molecule has 1 aromatic rings. The Hall–Kier alpha value is -0.930. The Morgan fingerprint density at radius 2 is 1.94 bits per heavy atom. The van der Waals surface area contributed by atoms with Crippen LogP contribution in [0.3, 0.4) is 0 Å². The van der Waals surface area contributed by atoms with E-state index < -0.39 is 5.60 Å². The highest BCUT2D eigenvalue weighted by molar-refractivity contribution is 5.25. The van der Waals surface area contributed by atoms with Gasteiger partial charge in [-0.1, -0.05) is 18.6 Å². The molecule has 3 rings (SSSR count). The number of fused-ring (bicyclic) bond motifs is 2. The van der Waals surface area contributed by atoms with E-state index in [2.05, 4.69) is 11.9 Å². The third-order valence-corrected chi connectivity index (χ3v) is 4.74. The normalized spacial score (nSPS) is 36.6. The van der Waals surface area contributed by atoms with E-state index in [4.69, 9.17) is 0 Å². The number of rotatable bonds is 1. The second-order valence-corrected chi connectivity index (χ2v) is 5.85. The van der Waals surface area contributed by atoms with E-state index >= 15 is 0 Å². The lowest BCUT2D eigenvalue weighted by Gasteiger charge is -2.50. The van der Waals surface area contributed by atoms with Crippen LogP contribution in [-0.4, -0.2) is 29.1 Å². The van der Waals surface area contributed by atoms with Gasteiger partial charge in [0.15, 0.2) is 0 Å². The second-order valence-electron chi connectivity index (χ2n) is 5.85. The average Bonchev–Trinajstić information content (AvgIpc) is 2.31. The predicted octanol–water partition coefficient (Wildman–Crippen LogP) is 2.66. The molecule has 2 nitrogen and oxygen atoms in total. The molecule has 2 heterocycles. The van der Waals surface area contributed by atoms with Crippen LogP contribution in [0.1, 0.15) is 37.7 Å². The lowest BCUT2D eigenvalue weighted by molar-refractivity contribution is -0.0876. The summed E-state index contributed by atoms with van der Waals surface area (Å²) in [5.74, 6) is -0.259. The summed E-state index contributed by atoms with van der Waals surface area (Å²) in [6, 6.07) is 7.33. The minimum atomic E-state index is -0.843. The van der Waals surface area contributed by atoms with Crippen LogP contribution in [-0.2, 0) is 5.60 Å². The molecular weight excluding hydrogens is 229 g/mol. The van der Waals surface area contributed by atoms with Crippen LogP contribution in [0.2, 0.25) is 0 Å². The van der Waals surface area contributed by atoms with Crippen molar-refractivity contribution in [2.75, 3.05) is 7.05 Å². The summed E-state index contributed by atoms with van der Waals surface area (Å²) in [4.78, 5) is 2.40.